The summed E-state index contributed by atoms with van der Waals surface area (Å²) < 4.78 is 13.2. The van der Waals surface area contributed by atoms with Crippen LogP contribution >= 0.6 is 0 Å². The van der Waals surface area contributed by atoms with Crippen LogP contribution < -0.4 is 5.32 Å². The van der Waals surface area contributed by atoms with Gasteiger partial charge in [0.1, 0.15) is 11.9 Å². The van der Waals surface area contributed by atoms with Crippen LogP contribution in [0.1, 0.15) is 50.5 Å². The highest BCUT2D eigenvalue weighted by Gasteiger charge is 2.15. The predicted molar refractivity (Wildman–Crippen MR) is 75.6 cm³/mol. The molecule has 2 rings (SSSR count). The summed E-state index contributed by atoms with van der Waals surface area (Å²) in [7, 11) is 0. The average molecular weight is 274 g/mol. The number of carbonyl (C=O) groups is 1. The molecule has 1 aromatic rings. The zero-order chi connectivity index (χ0) is 14.4. The van der Waals surface area contributed by atoms with Crippen LogP contribution in [0.3, 0.4) is 0 Å². The molecule has 0 spiro atoms. The molecule has 106 valence electrons. The molecule has 1 aliphatic carbocycles. The molecule has 20 heavy (non-hydrogen) atoms. The quantitative estimate of drug-likeness (QED) is 0.902. The minimum absolute atomic E-state index is 0.0462. The predicted octanol–water partition coefficient (Wildman–Crippen LogP) is 4.00. The molecule has 1 amide bonds. The minimum atomic E-state index is -0.562. The number of nitrogens with zero attached hydrogens (tertiary/aromatic N) is 1. The second kappa shape index (κ2) is 7.04. The molecule has 0 bridgehead atoms. The zero-order valence-corrected chi connectivity index (χ0v) is 11.5. The highest BCUT2D eigenvalue weighted by Crippen LogP contribution is 2.27. The van der Waals surface area contributed by atoms with Gasteiger partial charge in [-0.1, -0.05) is 32.1 Å². The van der Waals surface area contributed by atoms with Crippen LogP contribution in [-0.2, 0) is 4.79 Å². The largest absolute Gasteiger partial charge is 0.326 e. The van der Waals surface area contributed by atoms with E-state index in [-0.39, 0.29) is 11.5 Å². The molecule has 0 heterocycles. The standard InChI is InChI=1S/C16H19FN2O/c17-15-8-7-14(10-13(15)11-18)19-16(20)9-6-12-4-2-1-3-5-12/h7-8,10,12H,1-6,9H2,(H,19,20). The molecule has 1 saturated carbocycles. The van der Waals surface area contributed by atoms with Gasteiger partial charge in [0.2, 0.25) is 5.91 Å². The maximum atomic E-state index is 13.2. The Balaban J connectivity index is 1.83. The van der Waals surface area contributed by atoms with Crippen molar-refractivity contribution in [2.45, 2.75) is 44.9 Å². The summed E-state index contributed by atoms with van der Waals surface area (Å²) in [5.41, 5.74) is 0.437. The Labute approximate surface area is 118 Å². The van der Waals surface area contributed by atoms with Crippen molar-refractivity contribution in [2.24, 2.45) is 5.92 Å². The van der Waals surface area contributed by atoms with Gasteiger partial charge in [-0.3, -0.25) is 4.79 Å². The monoisotopic (exact) mass is 274 g/mol. The van der Waals surface area contributed by atoms with Crippen LogP contribution in [0.2, 0.25) is 0 Å². The Hall–Kier alpha value is -1.89. The minimum Gasteiger partial charge on any atom is -0.326 e. The van der Waals surface area contributed by atoms with Gasteiger partial charge in [-0.2, -0.15) is 5.26 Å². The third kappa shape index (κ3) is 4.06. The summed E-state index contributed by atoms with van der Waals surface area (Å²) in [6, 6.07) is 5.82. The van der Waals surface area contributed by atoms with E-state index < -0.39 is 5.82 Å². The lowest BCUT2D eigenvalue weighted by atomic mass is 9.86. The van der Waals surface area contributed by atoms with Gasteiger partial charge in [0, 0.05) is 12.1 Å². The molecule has 0 atom stereocenters. The van der Waals surface area contributed by atoms with Gasteiger partial charge in [-0.05, 0) is 30.5 Å². The number of amides is 1. The van der Waals surface area contributed by atoms with E-state index in [2.05, 4.69) is 5.32 Å². The third-order valence-electron chi connectivity index (χ3n) is 3.87. The molecule has 1 aromatic carbocycles. The molecule has 4 heteroatoms. The molecular weight excluding hydrogens is 255 g/mol. The number of nitrogens with one attached hydrogen (secondary N) is 1. The van der Waals surface area contributed by atoms with Crippen LogP contribution in [0.15, 0.2) is 18.2 Å². The molecule has 0 saturated heterocycles. The second-order valence-electron chi connectivity index (χ2n) is 5.40. The number of hydrogen-bond donors (Lipinski definition) is 1. The van der Waals surface area contributed by atoms with Crippen molar-refractivity contribution >= 4 is 11.6 Å². The van der Waals surface area contributed by atoms with E-state index in [1.807, 2.05) is 0 Å². The van der Waals surface area contributed by atoms with Crippen LogP contribution in [0.25, 0.3) is 0 Å². The zero-order valence-electron chi connectivity index (χ0n) is 11.5. The lowest BCUT2D eigenvalue weighted by Crippen LogP contribution is -2.15. The SMILES string of the molecule is N#Cc1cc(NC(=O)CCC2CCCCC2)ccc1F. The summed E-state index contributed by atoms with van der Waals surface area (Å²) in [4.78, 5) is 11.9. The van der Waals surface area contributed by atoms with Crippen LogP contribution in [-0.4, -0.2) is 5.91 Å². The van der Waals surface area contributed by atoms with E-state index in [1.54, 1.807) is 6.07 Å². The molecular formula is C16H19FN2O. The second-order valence-corrected chi connectivity index (χ2v) is 5.40. The number of benzene rings is 1. The van der Waals surface area contributed by atoms with Crippen LogP contribution in [0.4, 0.5) is 10.1 Å². The maximum absolute atomic E-state index is 13.2. The molecule has 0 aliphatic heterocycles. The van der Waals surface area contributed by atoms with E-state index in [9.17, 15) is 9.18 Å². The fraction of sp³-hybridized carbons (Fsp3) is 0.500. The summed E-state index contributed by atoms with van der Waals surface area (Å²) in [5.74, 6) is 0.0381. The Morgan fingerprint density at radius 3 is 2.80 bits per heavy atom. The van der Waals surface area contributed by atoms with Crippen molar-refractivity contribution < 1.29 is 9.18 Å². The summed E-state index contributed by atoms with van der Waals surface area (Å²) in [6.45, 7) is 0. The first-order valence-electron chi connectivity index (χ1n) is 7.18. The molecule has 1 fully saturated rings. The number of carbonyl (C=O) groups excluding carboxylic acids is 1. The molecule has 1 N–H and O–H groups in total. The average Bonchev–Trinajstić information content (AvgIpc) is 2.48. The third-order valence-corrected chi connectivity index (χ3v) is 3.87. The van der Waals surface area contributed by atoms with E-state index >= 15 is 0 Å². The first kappa shape index (κ1) is 14.5. The van der Waals surface area contributed by atoms with Crippen molar-refractivity contribution in [3.63, 3.8) is 0 Å². The number of rotatable bonds is 4. The molecule has 3 nitrogen and oxygen atoms in total. The van der Waals surface area contributed by atoms with Gasteiger partial charge in [-0.15, -0.1) is 0 Å². The normalized spacial score (nSPS) is 15.6. The summed E-state index contributed by atoms with van der Waals surface area (Å²) in [5, 5.41) is 11.5. The number of nitriles is 1. The van der Waals surface area contributed by atoms with Crippen molar-refractivity contribution in [3.05, 3.63) is 29.6 Å². The van der Waals surface area contributed by atoms with Crippen LogP contribution in [0.5, 0.6) is 0 Å². The van der Waals surface area contributed by atoms with E-state index in [0.717, 1.165) is 6.42 Å². The van der Waals surface area contributed by atoms with Crippen molar-refractivity contribution in [3.8, 4) is 6.07 Å². The Morgan fingerprint density at radius 2 is 2.10 bits per heavy atom. The Bertz CT molecular complexity index is 516. The fourth-order valence-electron chi connectivity index (χ4n) is 2.72. The van der Waals surface area contributed by atoms with Crippen LogP contribution in [0, 0.1) is 23.1 Å². The lowest BCUT2D eigenvalue weighted by Gasteiger charge is -2.21. The first-order chi connectivity index (χ1) is 9.69. The van der Waals surface area contributed by atoms with E-state index in [4.69, 9.17) is 5.26 Å². The topological polar surface area (TPSA) is 52.9 Å². The highest BCUT2D eigenvalue weighted by molar-refractivity contribution is 5.90. The van der Waals surface area contributed by atoms with Gasteiger partial charge in [-0.25, -0.2) is 4.39 Å². The molecule has 0 radical (unpaired) electrons. The lowest BCUT2D eigenvalue weighted by molar-refractivity contribution is -0.116. The van der Waals surface area contributed by atoms with Gasteiger partial charge in [0.15, 0.2) is 0 Å². The number of hydrogen-bond acceptors (Lipinski definition) is 2. The number of anilines is 1. The fourth-order valence-corrected chi connectivity index (χ4v) is 2.72. The van der Waals surface area contributed by atoms with Gasteiger partial charge >= 0.3 is 0 Å². The number of halogens is 1. The Morgan fingerprint density at radius 1 is 1.35 bits per heavy atom. The van der Waals surface area contributed by atoms with E-state index in [1.165, 1.54) is 50.3 Å². The molecule has 0 aromatic heterocycles. The van der Waals surface area contributed by atoms with E-state index in [0.29, 0.717) is 18.0 Å². The molecule has 1 aliphatic rings. The van der Waals surface area contributed by atoms with Crippen molar-refractivity contribution in [1.82, 2.24) is 0 Å². The first-order valence-corrected chi connectivity index (χ1v) is 7.18. The smallest absolute Gasteiger partial charge is 0.224 e. The van der Waals surface area contributed by atoms with Gasteiger partial charge in [0.25, 0.3) is 0 Å². The highest BCUT2D eigenvalue weighted by atomic mass is 19.1. The summed E-state index contributed by atoms with van der Waals surface area (Å²) in [6.07, 6.45) is 7.72. The molecule has 0 unspecified atom stereocenters. The Kier molecular flexibility index (Phi) is 5.11. The van der Waals surface area contributed by atoms with Gasteiger partial charge < -0.3 is 5.32 Å². The van der Waals surface area contributed by atoms with Crippen molar-refractivity contribution in [1.29, 1.82) is 5.26 Å². The van der Waals surface area contributed by atoms with Gasteiger partial charge in [0.05, 0.1) is 5.56 Å². The summed E-state index contributed by atoms with van der Waals surface area (Å²) >= 11 is 0. The van der Waals surface area contributed by atoms with Crippen molar-refractivity contribution in [2.75, 3.05) is 5.32 Å². The maximum Gasteiger partial charge on any atom is 0.224 e.